The first-order valence-corrected chi connectivity index (χ1v) is 6.16. The minimum Gasteiger partial charge on any atom is -0.495 e. The Hall–Kier alpha value is -2.54. The number of carbonyl (C=O) groups excluding carboxylic acids is 1. The third-order valence-electron chi connectivity index (χ3n) is 2.61. The molecule has 0 bridgehead atoms. The molecule has 0 fully saturated rings. The van der Waals surface area contributed by atoms with E-state index in [0.29, 0.717) is 11.3 Å². The summed E-state index contributed by atoms with van der Waals surface area (Å²) in [4.78, 5) is 22.2. The van der Waals surface area contributed by atoms with Crippen molar-refractivity contribution in [3.8, 4) is 17.1 Å². The fourth-order valence-electron chi connectivity index (χ4n) is 1.76. The number of benzene rings is 1. The van der Waals surface area contributed by atoms with Crippen molar-refractivity contribution in [3.05, 3.63) is 28.9 Å². The van der Waals surface area contributed by atoms with Gasteiger partial charge in [-0.15, -0.1) is 0 Å². The van der Waals surface area contributed by atoms with Gasteiger partial charge in [-0.1, -0.05) is 16.8 Å². The number of nitrogens with zero attached hydrogens (tertiary/aromatic N) is 1. The zero-order valence-electron chi connectivity index (χ0n) is 11.1. The van der Waals surface area contributed by atoms with Crippen LogP contribution < -0.4 is 10.1 Å². The molecule has 0 saturated heterocycles. The van der Waals surface area contributed by atoms with Gasteiger partial charge in [0.2, 0.25) is 5.91 Å². The SMILES string of the molecule is COc1ccc(Cl)c(-c2cc(C(=O)O)no2)c1NC(C)=O. The fraction of sp³-hybridized carbons (Fsp3) is 0.154. The Morgan fingerprint density at radius 3 is 2.67 bits per heavy atom. The van der Waals surface area contributed by atoms with Crippen LogP contribution in [0.1, 0.15) is 17.4 Å². The molecule has 1 heterocycles. The number of aromatic nitrogens is 1. The molecule has 2 rings (SSSR count). The number of hydrogen-bond acceptors (Lipinski definition) is 5. The molecule has 0 unspecified atom stereocenters. The van der Waals surface area contributed by atoms with E-state index in [1.54, 1.807) is 12.1 Å². The normalized spacial score (nSPS) is 10.2. The van der Waals surface area contributed by atoms with Crippen LogP contribution in [0.4, 0.5) is 5.69 Å². The van der Waals surface area contributed by atoms with Gasteiger partial charge in [-0.05, 0) is 12.1 Å². The topological polar surface area (TPSA) is 102 Å². The molecule has 0 aliphatic heterocycles. The van der Waals surface area contributed by atoms with Crippen molar-refractivity contribution in [3.63, 3.8) is 0 Å². The molecule has 0 saturated carbocycles. The number of nitrogens with one attached hydrogen (secondary N) is 1. The number of halogens is 1. The van der Waals surface area contributed by atoms with Gasteiger partial charge < -0.3 is 19.7 Å². The first kappa shape index (κ1) is 14.9. The van der Waals surface area contributed by atoms with Gasteiger partial charge in [0.1, 0.15) is 5.75 Å². The van der Waals surface area contributed by atoms with Crippen molar-refractivity contribution < 1.29 is 24.0 Å². The summed E-state index contributed by atoms with van der Waals surface area (Å²) < 4.78 is 10.2. The molecule has 2 N–H and O–H groups in total. The van der Waals surface area contributed by atoms with Gasteiger partial charge in [0.15, 0.2) is 11.5 Å². The highest BCUT2D eigenvalue weighted by Crippen LogP contribution is 2.41. The molecule has 8 heteroatoms. The first-order chi connectivity index (χ1) is 9.93. The van der Waals surface area contributed by atoms with E-state index in [1.165, 1.54) is 20.1 Å². The monoisotopic (exact) mass is 310 g/mol. The lowest BCUT2D eigenvalue weighted by molar-refractivity contribution is -0.114. The largest absolute Gasteiger partial charge is 0.495 e. The van der Waals surface area contributed by atoms with E-state index in [-0.39, 0.29) is 28.1 Å². The Labute approximate surface area is 124 Å². The minimum atomic E-state index is -1.23. The van der Waals surface area contributed by atoms with Crippen LogP contribution in [0.15, 0.2) is 22.7 Å². The number of carboxylic acids is 1. The molecule has 1 amide bonds. The fourth-order valence-corrected chi connectivity index (χ4v) is 2.01. The number of rotatable bonds is 4. The quantitative estimate of drug-likeness (QED) is 0.900. The van der Waals surface area contributed by atoms with Gasteiger partial charge in [0, 0.05) is 13.0 Å². The van der Waals surface area contributed by atoms with Gasteiger partial charge in [-0.3, -0.25) is 4.79 Å². The van der Waals surface area contributed by atoms with Crippen LogP contribution in [0.5, 0.6) is 5.75 Å². The second kappa shape index (κ2) is 5.84. The van der Waals surface area contributed by atoms with Crippen molar-refractivity contribution in [1.82, 2.24) is 5.16 Å². The Kier molecular flexibility index (Phi) is 4.13. The standard InChI is InChI=1S/C13H11ClN2O5/c1-6(17)15-12-9(20-2)4-3-7(14)11(12)10-5-8(13(18)19)16-21-10/h3-5H,1-2H3,(H,15,17)(H,18,19). The number of carbonyl (C=O) groups is 2. The van der Waals surface area contributed by atoms with Crippen molar-refractivity contribution >= 4 is 29.2 Å². The van der Waals surface area contributed by atoms with E-state index >= 15 is 0 Å². The number of ether oxygens (including phenoxy) is 1. The summed E-state index contributed by atoms with van der Waals surface area (Å²) in [5.41, 5.74) is 0.314. The van der Waals surface area contributed by atoms with Crippen molar-refractivity contribution in [1.29, 1.82) is 0 Å². The first-order valence-electron chi connectivity index (χ1n) is 5.78. The summed E-state index contributed by atoms with van der Waals surface area (Å²) in [7, 11) is 1.43. The molecule has 110 valence electrons. The maximum Gasteiger partial charge on any atom is 0.358 e. The van der Waals surface area contributed by atoms with E-state index in [0.717, 1.165) is 0 Å². The van der Waals surface area contributed by atoms with Crippen LogP contribution in [0.3, 0.4) is 0 Å². The van der Waals surface area contributed by atoms with Gasteiger partial charge in [0.25, 0.3) is 0 Å². The van der Waals surface area contributed by atoms with Crippen LogP contribution in [-0.4, -0.2) is 29.2 Å². The molecular weight excluding hydrogens is 300 g/mol. The van der Waals surface area contributed by atoms with E-state index < -0.39 is 5.97 Å². The third kappa shape index (κ3) is 2.97. The Morgan fingerprint density at radius 2 is 2.14 bits per heavy atom. The molecule has 0 radical (unpaired) electrons. The highest BCUT2D eigenvalue weighted by molar-refractivity contribution is 6.34. The lowest BCUT2D eigenvalue weighted by Crippen LogP contribution is -2.08. The number of methoxy groups -OCH3 is 1. The van der Waals surface area contributed by atoms with Crippen LogP contribution in [0, 0.1) is 0 Å². The third-order valence-corrected chi connectivity index (χ3v) is 2.93. The number of aromatic carboxylic acids is 1. The highest BCUT2D eigenvalue weighted by Gasteiger charge is 2.21. The maximum absolute atomic E-state index is 11.3. The molecule has 1 aromatic heterocycles. The summed E-state index contributed by atoms with van der Waals surface area (Å²) in [6.07, 6.45) is 0. The lowest BCUT2D eigenvalue weighted by atomic mass is 10.1. The Balaban J connectivity index is 2.64. The second-order valence-corrected chi connectivity index (χ2v) is 4.47. The smallest absolute Gasteiger partial charge is 0.358 e. The molecule has 0 spiro atoms. The average molecular weight is 311 g/mol. The molecule has 1 aromatic carbocycles. The molecule has 0 aliphatic rings. The number of anilines is 1. The number of carboxylic acid groups (broad SMARTS) is 1. The number of amides is 1. The predicted molar refractivity (Wildman–Crippen MR) is 74.8 cm³/mol. The second-order valence-electron chi connectivity index (χ2n) is 4.06. The molecule has 0 atom stereocenters. The van der Waals surface area contributed by atoms with E-state index in [9.17, 15) is 9.59 Å². The average Bonchev–Trinajstić information content (AvgIpc) is 2.88. The maximum atomic E-state index is 11.3. The van der Waals surface area contributed by atoms with Crippen LogP contribution >= 0.6 is 11.6 Å². The van der Waals surface area contributed by atoms with Crippen LogP contribution in [-0.2, 0) is 4.79 Å². The Morgan fingerprint density at radius 1 is 1.43 bits per heavy atom. The molecule has 21 heavy (non-hydrogen) atoms. The van der Waals surface area contributed by atoms with Crippen molar-refractivity contribution in [2.45, 2.75) is 6.92 Å². The van der Waals surface area contributed by atoms with Gasteiger partial charge in [-0.25, -0.2) is 4.79 Å². The summed E-state index contributed by atoms with van der Waals surface area (Å²) >= 11 is 6.12. The van der Waals surface area contributed by atoms with E-state index in [1.807, 2.05) is 0 Å². The summed E-state index contributed by atoms with van der Waals surface area (Å²) in [6.45, 7) is 1.33. The van der Waals surface area contributed by atoms with Crippen molar-refractivity contribution in [2.75, 3.05) is 12.4 Å². The summed E-state index contributed by atoms with van der Waals surface area (Å²) in [6, 6.07) is 4.34. The molecule has 7 nitrogen and oxygen atoms in total. The Bertz CT molecular complexity index is 711. The zero-order chi connectivity index (χ0) is 15.6. The van der Waals surface area contributed by atoms with Gasteiger partial charge in [0.05, 0.1) is 23.4 Å². The molecular formula is C13H11ClN2O5. The van der Waals surface area contributed by atoms with Gasteiger partial charge >= 0.3 is 5.97 Å². The zero-order valence-corrected chi connectivity index (χ0v) is 11.9. The molecule has 0 aliphatic carbocycles. The van der Waals surface area contributed by atoms with Crippen LogP contribution in [0.2, 0.25) is 5.02 Å². The predicted octanol–water partition coefficient (Wildman–Crippen LogP) is 2.66. The summed E-state index contributed by atoms with van der Waals surface area (Å²) in [5.74, 6) is -1.10. The number of hydrogen-bond donors (Lipinski definition) is 2. The highest BCUT2D eigenvalue weighted by atomic mass is 35.5. The van der Waals surface area contributed by atoms with Gasteiger partial charge in [-0.2, -0.15) is 0 Å². The molecule has 2 aromatic rings. The summed E-state index contributed by atoms with van der Waals surface area (Å²) in [5, 5.41) is 15.1. The van der Waals surface area contributed by atoms with E-state index in [4.69, 9.17) is 26.0 Å². The van der Waals surface area contributed by atoms with Crippen LogP contribution in [0.25, 0.3) is 11.3 Å². The van der Waals surface area contributed by atoms with Crippen molar-refractivity contribution in [2.24, 2.45) is 0 Å². The lowest BCUT2D eigenvalue weighted by Gasteiger charge is -2.13. The van der Waals surface area contributed by atoms with E-state index in [2.05, 4.69) is 10.5 Å². The minimum absolute atomic E-state index is 0.111.